The van der Waals surface area contributed by atoms with Crippen LogP contribution in [0.4, 0.5) is 5.69 Å². The second-order valence-electron chi connectivity index (χ2n) is 6.80. The van der Waals surface area contributed by atoms with Gasteiger partial charge in [-0.25, -0.2) is 0 Å². The molecule has 9 heteroatoms. The summed E-state index contributed by atoms with van der Waals surface area (Å²) >= 11 is 0. The number of amides is 1. The SMILES string of the molecule is CCN(C(C)C)S(=O)(=O)N=C(N)NC(=O)c1ccc(N2CCCCC2)cc1. The summed E-state index contributed by atoms with van der Waals surface area (Å²) in [5.74, 6) is -0.941. The molecule has 0 radical (unpaired) electrons. The van der Waals surface area contributed by atoms with Gasteiger partial charge in [-0.3, -0.25) is 10.1 Å². The maximum atomic E-state index is 12.3. The van der Waals surface area contributed by atoms with Gasteiger partial charge in [0.25, 0.3) is 5.91 Å². The third-order valence-corrected chi connectivity index (χ3v) is 6.19. The van der Waals surface area contributed by atoms with E-state index in [4.69, 9.17) is 5.73 Å². The molecule has 1 heterocycles. The Bertz CT molecular complexity index is 769. The highest BCUT2D eigenvalue weighted by Crippen LogP contribution is 2.20. The molecule has 0 atom stereocenters. The number of carbonyl (C=O) groups is 1. The van der Waals surface area contributed by atoms with Crippen LogP contribution in [0, 0.1) is 0 Å². The summed E-state index contributed by atoms with van der Waals surface area (Å²) in [6.07, 6.45) is 3.61. The first-order valence-corrected chi connectivity index (χ1v) is 10.7. The third-order valence-electron chi connectivity index (χ3n) is 4.49. The molecule has 2 rings (SSSR count). The molecule has 1 fully saturated rings. The number of hydrogen-bond acceptors (Lipinski definition) is 4. The van der Waals surface area contributed by atoms with Crippen molar-refractivity contribution in [3.05, 3.63) is 29.8 Å². The zero-order chi connectivity index (χ0) is 20.0. The number of piperidine rings is 1. The monoisotopic (exact) mass is 395 g/mol. The number of hydrogen-bond donors (Lipinski definition) is 2. The first kappa shape index (κ1) is 21.2. The highest BCUT2D eigenvalue weighted by Gasteiger charge is 2.23. The second-order valence-corrected chi connectivity index (χ2v) is 8.35. The predicted octanol–water partition coefficient (Wildman–Crippen LogP) is 1.70. The lowest BCUT2D eigenvalue weighted by atomic mass is 10.1. The summed E-state index contributed by atoms with van der Waals surface area (Å²) in [6.45, 7) is 7.51. The molecule has 1 saturated heterocycles. The van der Waals surface area contributed by atoms with Crippen LogP contribution in [0.1, 0.15) is 50.4 Å². The number of carbonyl (C=O) groups excluding carboxylic acids is 1. The van der Waals surface area contributed by atoms with Gasteiger partial charge in [-0.05, 0) is 57.4 Å². The average molecular weight is 396 g/mol. The Balaban J connectivity index is 2.05. The number of anilines is 1. The Morgan fingerprint density at radius 3 is 2.33 bits per heavy atom. The van der Waals surface area contributed by atoms with E-state index in [9.17, 15) is 13.2 Å². The highest BCUT2D eigenvalue weighted by molar-refractivity contribution is 7.88. The molecule has 1 aromatic rings. The van der Waals surface area contributed by atoms with Gasteiger partial charge < -0.3 is 10.6 Å². The van der Waals surface area contributed by atoms with E-state index in [0.29, 0.717) is 5.56 Å². The Labute approximate surface area is 161 Å². The molecule has 1 amide bonds. The zero-order valence-electron chi connectivity index (χ0n) is 16.2. The summed E-state index contributed by atoms with van der Waals surface area (Å²) in [4.78, 5) is 14.6. The van der Waals surface area contributed by atoms with Crippen molar-refractivity contribution in [1.82, 2.24) is 9.62 Å². The fraction of sp³-hybridized carbons (Fsp3) is 0.556. The van der Waals surface area contributed by atoms with E-state index in [1.807, 2.05) is 12.1 Å². The summed E-state index contributed by atoms with van der Waals surface area (Å²) in [5.41, 5.74) is 7.11. The van der Waals surface area contributed by atoms with Gasteiger partial charge >= 0.3 is 10.2 Å². The van der Waals surface area contributed by atoms with Crippen LogP contribution < -0.4 is 16.0 Å². The quantitative estimate of drug-likeness (QED) is 0.563. The van der Waals surface area contributed by atoms with Gasteiger partial charge in [0.15, 0.2) is 0 Å². The molecular formula is C18H29N5O3S. The van der Waals surface area contributed by atoms with E-state index in [1.54, 1.807) is 32.9 Å². The fourth-order valence-electron chi connectivity index (χ4n) is 3.16. The number of nitrogens with zero attached hydrogens (tertiary/aromatic N) is 3. The molecule has 0 saturated carbocycles. The van der Waals surface area contributed by atoms with Gasteiger partial charge in [0.2, 0.25) is 5.96 Å². The van der Waals surface area contributed by atoms with Crippen LogP contribution in [0.3, 0.4) is 0 Å². The van der Waals surface area contributed by atoms with Crippen LogP contribution in [0.15, 0.2) is 28.7 Å². The van der Waals surface area contributed by atoms with Crippen molar-refractivity contribution in [3.8, 4) is 0 Å². The molecule has 1 aliphatic heterocycles. The Hall–Kier alpha value is -2.13. The molecule has 0 bridgehead atoms. The molecule has 0 unspecified atom stereocenters. The van der Waals surface area contributed by atoms with Gasteiger partial charge in [0, 0.05) is 36.9 Å². The van der Waals surface area contributed by atoms with Gasteiger partial charge in [-0.15, -0.1) is 4.40 Å². The van der Waals surface area contributed by atoms with Gasteiger partial charge in [0.05, 0.1) is 0 Å². The van der Waals surface area contributed by atoms with Crippen molar-refractivity contribution in [3.63, 3.8) is 0 Å². The first-order chi connectivity index (χ1) is 12.7. The minimum absolute atomic E-state index is 0.255. The van der Waals surface area contributed by atoms with Gasteiger partial charge in [0.1, 0.15) is 0 Å². The van der Waals surface area contributed by atoms with Crippen LogP contribution >= 0.6 is 0 Å². The van der Waals surface area contributed by atoms with Gasteiger partial charge in [-0.1, -0.05) is 6.92 Å². The molecule has 27 heavy (non-hydrogen) atoms. The van der Waals surface area contributed by atoms with Crippen molar-refractivity contribution >= 4 is 27.8 Å². The van der Waals surface area contributed by atoms with Crippen LogP contribution in [0.2, 0.25) is 0 Å². The minimum Gasteiger partial charge on any atom is -0.372 e. The standard InChI is InChI=1S/C18H29N5O3S/c1-4-23(14(2)3)27(25,26)21-18(19)20-17(24)15-8-10-16(11-9-15)22-12-6-5-7-13-22/h8-11,14H,4-7,12-13H2,1-3H3,(H3,19,20,21,24). The third kappa shape index (κ3) is 5.67. The summed E-state index contributed by atoms with van der Waals surface area (Å²) in [6, 6.07) is 6.93. The van der Waals surface area contributed by atoms with Crippen molar-refractivity contribution in [2.24, 2.45) is 10.1 Å². The number of nitrogens with two attached hydrogens (primary N) is 1. The summed E-state index contributed by atoms with van der Waals surface area (Å²) in [5, 5.41) is 2.34. The van der Waals surface area contributed by atoms with Crippen molar-refractivity contribution < 1.29 is 13.2 Å². The number of guanidine groups is 1. The molecule has 8 nitrogen and oxygen atoms in total. The summed E-state index contributed by atoms with van der Waals surface area (Å²) in [7, 11) is -3.95. The zero-order valence-corrected chi connectivity index (χ0v) is 17.0. The van der Waals surface area contributed by atoms with E-state index in [0.717, 1.165) is 18.8 Å². The number of benzene rings is 1. The number of nitrogens with one attached hydrogen (secondary N) is 1. The number of rotatable bonds is 6. The molecule has 1 aliphatic rings. The lowest BCUT2D eigenvalue weighted by Gasteiger charge is -2.28. The maximum absolute atomic E-state index is 12.3. The first-order valence-electron chi connectivity index (χ1n) is 9.28. The van der Waals surface area contributed by atoms with Crippen LogP contribution in [0.25, 0.3) is 0 Å². The Kier molecular flexibility index (Phi) is 7.20. The summed E-state index contributed by atoms with van der Waals surface area (Å²) < 4.78 is 29.2. The molecule has 3 N–H and O–H groups in total. The topological polar surface area (TPSA) is 108 Å². The fourth-order valence-corrected chi connectivity index (χ4v) is 4.42. The van der Waals surface area contributed by atoms with Crippen molar-refractivity contribution in [2.75, 3.05) is 24.5 Å². The van der Waals surface area contributed by atoms with Gasteiger partial charge in [-0.2, -0.15) is 12.7 Å². The Morgan fingerprint density at radius 2 is 1.81 bits per heavy atom. The second kappa shape index (κ2) is 9.18. The molecule has 0 aliphatic carbocycles. The van der Waals surface area contributed by atoms with Crippen LogP contribution in [0.5, 0.6) is 0 Å². The van der Waals surface area contributed by atoms with E-state index >= 15 is 0 Å². The largest absolute Gasteiger partial charge is 0.372 e. The lowest BCUT2D eigenvalue weighted by molar-refractivity contribution is 0.0977. The van der Waals surface area contributed by atoms with Crippen molar-refractivity contribution in [2.45, 2.75) is 46.1 Å². The normalized spacial score (nSPS) is 16.0. The molecular weight excluding hydrogens is 366 g/mol. The molecule has 0 spiro atoms. The maximum Gasteiger partial charge on any atom is 0.325 e. The Morgan fingerprint density at radius 1 is 1.22 bits per heavy atom. The lowest BCUT2D eigenvalue weighted by Crippen LogP contribution is -2.41. The minimum atomic E-state index is -3.95. The van der Waals surface area contributed by atoms with Crippen molar-refractivity contribution in [1.29, 1.82) is 0 Å². The molecule has 1 aromatic carbocycles. The average Bonchev–Trinajstić information content (AvgIpc) is 2.61. The van der Waals surface area contributed by atoms with E-state index in [1.165, 1.54) is 23.6 Å². The van der Waals surface area contributed by atoms with E-state index in [2.05, 4.69) is 14.6 Å². The van der Waals surface area contributed by atoms with E-state index in [-0.39, 0.29) is 12.6 Å². The van der Waals surface area contributed by atoms with E-state index < -0.39 is 22.1 Å². The highest BCUT2D eigenvalue weighted by atomic mass is 32.2. The molecule has 150 valence electrons. The van der Waals surface area contributed by atoms with Crippen LogP contribution in [-0.2, 0) is 10.2 Å². The molecule has 0 aromatic heterocycles. The smallest absolute Gasteiger partial charge is 0.325 e. The predicted molar refractivity (Wildman–Crippen MR) is 108 cm³/mol. The van der Waals surface area contributed by atoms with Crippen LogP contribution in [-0.4, -0.2) is 50.3 Å².